The van der Waals surface area contributed by atoms with Gasteiger partial charge in [-0.05, 0) is 66.8 Å². The molecule has 28 heavy (non-hydrogen) atoms. The number of amides is 1. The summed E-state index contributed by atoms with van der Waals surface area (Å²) >= 11 is 1.40. The molecule has 1 aliphatic rings. The van der Waals surface area contributed by atoms with Crippen LogP contribution in [0.3, 0.4) is 0 Å². The highest BCUT2D eigenvalue weighted by Gasteiger charge is 2.28. The number of rotatable bonds is 4. The van der Waals surface area contributed by atoms with Gasteiger partial charge in [-0.1, -0.05) is 48.2 Å². The lowest BCUT2D eigenvalue weighted by Gasteiger charge is -2.31. The zero-order valence-electron chi connectivity index (χ0n) is 16.3. The Balaban J connectivity index is 1.58. The molecular formula is C21H23N5OS. The van der Waals surface area contributed by atoms with Crippen molar-refractivity contribution >= 4 is 23.4 Å². The Labute approximate surface area is 168 Å². The Morgan fingerprint density at radius 1 is 1.11 bits per heavy atom. The minimum atomic E-state index is -0.291. The molecule has 0 radical (unpaired) electrons. The van der Waals surface area contributed by atoms with Crippen LogP contribution in [0.25, 0.3) is 5.69 Å². The summed E-state index contributed by atoms with van der Waals surface area (Å²) in [5.41, 5.74) is 5.43. The average molecular weight is 394 g/mol. The minimum Gasteiger partial charge on any atom is -0.311 e. The van der Waals surface area contributed by atoms with Gasteiger partial charge in [0.1, 0.15) is 0 Å². The number of anilines is 1. The number of tetrazole rings is 1. The van der Waals surface area contributed by atoms with Gasteiger partial charge in [-0.2, -0.15) is 4.68 Å². The van der Waals surface area contributed by atoms with E-state index in [-0.39, 0.29) is 11.2 Å². The van der Waals surface area contributed by atoms with Crippen LogP contribution in [0.5, 0.6) is 0 Å². The van der Waals surface area contributed by atoms with Gasteiger partial charge in [0.25, 0.3) is 0 Å². The monoisotopic (exact) mass is 393 g/mol. The van der Waals surface area contributed by atoms with Crippen LogP contribution in [0.4, 0.5) is 5.69 Å². The van der Waals surface area contributed by atoms with E-state index >= 15 is 0 Å². The molecule has 1 atom stereocenters. The lowest BCUT2D eigenvalue weighted by atomic mass is 10.0. The molecule has 4 rings (SSSR count). The minimum absolute atomic E-state index is 0.0909. The molecule has 6 nitrogen and oxygen atoms in total. The van der Waals surface area contributed by atoms with Gasteiger partial charge in [0.2, 0.25) is 11.1 Å². The summed E-state index contributed by atoms with van der Waals surface area (Å²) < 4.78 is 1.74. The summed E-state index contributed by atoms with van der Waals surface area (Å²) in [4.78, 5) is 15.1. The van der Waals surface area contributed by atoms with Crippen LogP contribution in [-0.2, 0) is 11.2 Å². The molecule has 7 heteroatoms. The SMILES string of the molecule is Cc1cccc(C)c1-n1nnnc1SC(C)C(=O)N1CCCc2ccccc21. The molecular weight excluding hydrogens is 370 g/mol. The molecule has 0 fully saturated rings. The van der Waals surface area contributed by atoms with Crippen LogP contribution in [0.2, 0.25) is 0 Å². The van der Waals surface area contributed by atoms with Crippen LogP contribution in [0.1, 0.15) is 30.0 Å². The number of carbonyl (C=O) groups is 1. The number of aromatic nitrogens is 4. The maximum atomic E-state index is 13.2. The number of benzene rings is 2. The van der Waals surface area contributed by atoms with Gasteiger partial charge in [-0.3, -0.25) is 4.79 Å². The number of carbonyl (C=O) groups excluding carboxylic acids is 1. The smallest absolute Gasteiger partial charge is 0.240 e. The van der Waals surface area contributed by atoms with Crippen LogP contribution >= 0.6 is 11.8 Å². The third-order valence-corrected chi connectivity index (χ3v) is 6.12. The fraction of sp³-hybridized carbons (Fsp3) is 0.333. The molecule has 2 aromatic carbocycles. The molecule has 0 saturated carbocycles. The van der Waals surface area contributed by atoms with Gasteiger partial charge in [-0.25, -0.2) is 0 Å². The Hall–Kier alpha value is -2.67. The van der Waals surface area contributed by atoms with Gasteiger partial charge in [0.15, 0.2) is 0 Å². The fourth-order valence-corrected chi connectivity index (χ4v) is 4.58. The van der Waals surface area contributed by atoms with E-state index in [0.717, 1.165) is 41.9 Å². The number of nitrogens with zero attached hydrogens (tertiary/aromatic N) is 5. The van der Waals surface area contributed by atoms with Crippen molar-refractivity contribution in [3.05, 3.63) is 59.2 Å². The second-order valence-corrected chi connectivity index (χ2v) is 8.40. The molecule has 2 heterocycles. The van der Waals surface area contributed by atoms with Crippen LogP contribution < -0.4 is 4.90 Å². The van der Waals surface area contributed by atoms with Gasteiger partial charge < -0.3 is 4.90 Å². The molecule has 1 aromatic heterocycles. The molecule has 0 aliphatic carbocycles. The molecule has 1 amide bonds. The van der Waals surface area contributed by atoms with E-state index in [1.165, 1.54) is 17.3 Å². The van der Waals surface area contributed by atoms with Crippen LogP contribution in [-0.4, -0.2) is 37.9 Å². The quantitative estimate of drug-likeness (QED) is 0.632. The van der Waals surface area contributed by atoms with Gasteiger partial charge in [-0.15, -0.1) is 5.10 Å². The van der Waals surface area contributed by atoms with Crippen molar-refractivity contribution < 1.29 is 4.79 Å². The Kier molecular flexibility index (Phi) is 5.17. The second-order valence-electron chi connectivity index (χ2n) is 7.10. The highest BCUT2D eigenvalue weighted by atomic mass is 32.2. The van der Waals surface area contributed by atoms with E-state index in [0.29, 0.717) is 5.16 Å². The van der Waals surface area contributed by atoms with Crippen molar-refractivity contribution in [1.82, 2.24) is 20.2 Å². The predicted molar refractivity (Wildman–Crippen MR) is 111 cm³/mol. The number of hydrogen-bond donors (Lipinski definition) is 0. The Bertz CT molecular complexity index is 995. The lowest BCUT2D eigenvalue weighted by Crippen LogP contribution is -2.40. The molecule has 0 N–H and O–H groups in total. The molecule has 0 saturated heterocycles. The number of para-hydroxylation sites is 2. The van der Waals surface area contributed by atoms with E-state index in [9.17, 15) is 4.79 Å². The van der Waals surface area contributed by atoms with Crippen molar-refractivity contribution in [3.8, 4) is 5.69 Å². The summed E-state index contributed by atoms with van der Waals surface area (Å²) in [5, 5.41) is 12.6. The topological polar surface area (TPSA) is 63.9 Å². The first-order chi connectivity index (χ1) is 13.6. The molecule has 1 unspecified atom stereocenters. The maximum Gasteiger partial charge on any atom is 0.240 e. The van der Waals surface area contributed by atoms with Crippen LogP contribution in [0.15, 0.2) is 47.6 Å². The van der Waals surface area contributed by atoms with E-state index < -0.39 is 0 Å². The first-order valence-corrected chi connectivity index (χ1v) is 10.3. The van der Waals surface area contributed by atoms with E-state index in [4.69, 9.17) is 0 Å². The lowest BCUT2D eigenvalue weighted by molar-refractivity contribution is -0.117. The highest BCUT2D eigenvalue weighted by molar-refractivity contribution is 8.00. The van der Waals surface area contributed by atoms with Crippen molar-refractivity contribution in [1.29, 1.82) is 0 Å². The van der Waals surface area contributed by atoms with E-state index in [1.807, 2.05) is 62.1 Å². The summed E-state index contributed by atoms with van der Waals surface area (Å²) in [5.74, 6) is 0.0909. The molecule has 3 aromatic rings. The summed E-state index contributed by atoms with van der Waals surface area (Å²) in [7, 11) is 0. The first-order valence-electron chi connectivity index (χ1n) is 9.47. The highest BCUT2D eigenvalue weighted by Crippen LogP contribution is 2.31. The average Bonchev–Trinajstić information content (AvgIpc) is 3.14. The van der Waals surface area contributed by atoms with Gasteiger partial charge in [0.05, 0.1) is 10.9 Å². The van der Waals surface area contributed by atoms with Crippen molar-refractivity contribution in [3.63, 3.8) is 0 Å². The van der Waals surface area contributed by atoms with Crippen LogP contribution in [0, 0.1) is 13.8 Å². The molecule has 0 spiro atoms. The third kappa shape index (κ3) is 3.42. The summed E-state index contributed by atoms with van der Waals surface area (Å²) in [6.07, 6.45) is 2.01. The van der Waals surface area contributed by atoms with Gasteiger partial charge >= 0.3 is 0 Å². The predicted octanol–water partition coefficient (Wildman–Crippen LogP) is 3.74. The first kappa shape index (κ1) is 18.7. The molecule has 144 valence electrons. The Morgan fingerprint density at radius 3 is 2.64 bits per heavy atom. The largest absolute Gasteiger partial charge is 0.311 e. The second kappa shape index (κ2) is 7.75. The summed E-state index contributed by atoms with van der Waals surface area (Å²) in [6, 6.07) is 14.3. The zero-order valence-corrected chi connectivity index (χ0v) is 17.1. The van der Waals surface area contributed by atoms with Crippen molar-refractivity contribution in [2.24, 2.45) is 0 Å². The molecule has 0 bridgehead atoms. The molecule has 1 aliphatic heterocycles. The van der Waals surface area contributed by atoms with Crippen molar-refractivity contribution in [2.75, 3.05) is 11.4 Å². The Morgan fingerprint density at radius 2 is 1.86 bits per heavy atom. The normalized spacial score (nSPS) is 14.6. The number of thioether (sulfide) groups is 1. The number of fused-ring (bicyclic) bond motifs is 1. The fourth-order valence-electron chi connectivity index (χ4n) is 3.72. The van der Waals surface area contributed by atoms with Gasteiger partial charge in [0, 0.05) is 12.2 Å². The van der Waals surface area contributed by atoms with Crippen molar-refractivity contribution in [2.45, 2.75) is 44.0 Å². The van der Waals surface area contributed by atoms with E-state index in [1.54, 1.807) is 4.68 Å². The number of hydrogen-bond acceptors (Lipinski definition) is 5. The zero-order chi connectivity index (χ0) is 19.7. The number of aryl methyl sites for hydroxylation is 3. The third-order valence-electron chi connectivity index (χ3n) is 5.10. The summed E-state index contributed by atoms with van der Waals surface area (Å²) in [6.45, 7) is 6.76. The van der Waals surface area contributed by atoms with E-state index in [2.05, 4.69) is 21.6 Å². The standard InChI is InChI=1S/C21H23N5OS/c1-14-8-6-9-15(2)19(14)26-21(22-23-24-26)28-16(3)20(27)25-13-7-11-17-10-4-5-12-18(17)25/h4-6,8-10,12,16H,7,11,13H2,1-3H3. The maximum absolute atomic E-state index is 13.2.